The number of sulfonamides is 1. The lowest BCUT2D eigenvalue weighted by Gasteiger charge is -2.20. The van der Waals surface area contributed by atoms with E-state index < -0.39 is 10.0 Å². The number of rotatable bonds is 3. The molecule has 1 N–H and O–H groups in total. The maximum atomic E-state index is 12.5. The van der Waals surface area contributed by atoms with Gasteiger partial charge >= 0.3 is 4.87 Å². The molecule has 0 radical (unpaired) electrons. The Morgan fingerprint density at radius 3 is 2.37 bits per heavy atom. The fourth-order valence-corrected chi connectivity index (χ4v) is 4.52. The van der Waals surface area contributed by atoms with Crippen molar-refractivity contribution in [2.75, 3.05) is 11.4 Å². The lowest BCUT2D eigenvalue weighted by atomic mass is 10.2. The molecule has 0 atom stereocenters. The second-order valence-electron chi connectivity index (χ2n) is 4.19. The molecule has 19 heavy (non-hydrogen) atoms. The van der Waals surface area contributed by atoms with Crippen LogP contribution in [0.3, 0.4) is 0 Å². The number of nitrogens with zero attached hydrogens (tertiary/aromatic N) is 1. The average molecular weight is 298 g/mol. The molecule has 7 heteroatoms. The fourth-order valence-electron chi connectivity index (χ4n) is 1.81. The van der Waals surface area contributed by atoms with Crippen molar-refractivity contribution in [3.63, 3.8) is 0 Å². The smallest absolute Gasteiger partial charge is 0.306 e. The van der Waals surface area contributed by atoms with E-state index in [1.807, 2.05) is 19.1 Å². The highest BCUT2D eigenvalue weighted by molar-refractivity contribution is 7.94. The van der Waals surface area contributed by atoms with Gasteiger partial charge in [-0.1, -0.05) is 29.5 Å². The first-order valence-corrected chi connectivity index (χ1v) is 7.84. The van der Waals surface area contributed by atoms with E-state index >= 15 is 0 Å². The van der Waals surface area contributed by atoms with Crippen molar-refractivity contribution in [3.05, 3.63) is 45.2 Å². The van der Waals surface area contributed by atoms with Gasteiger partial charge in [0, 0.05) is 12.7 Å². The summed E-state index contributed by atoms with van der Waals surface area (Å²) in [6.07, 6.45) is 0. The standard InChI is InChI=1S/C12H14N2O3S2/c1-8-6-4-5-7-10(8)14(3)19(16,17)11-9(2)13-12(15)18-11/h4-7H,1-3H3,(H,13,15). The van der Waals surface area contributed by atoms with Crippen molar-refractivity contribution in [2.45, 2.75) is 18.1 Å². The fraction of sp³-hybridized carbons (Fsp3) is 0.250. The number of H-pyrrole nitrogens is 1. The Bertz CT molecular complexity index is 759. The first-order chi connectivity index (χ1) is 8.84. The van der Waals surface area contributed by atoms with Crippen molar-refractivity contribution >= 4 is 27.0 Å². The molecule has 1 aromatic carbocycles. The molecule has 0 unspecified atom stereocenters. The molecular formula is C12H14N2O3S2. The average Bonchev–Trinajstić information content (AvgIpc) is 2.69. The molecule has 0 bridgehead atoms. The SMILES string of the molecule is Cc1ccccc1N(C)S(=O)(=O)c1sc(=O)[nH]c1C. The summed E-state index contributed by atoms with van der Waals surface area (Å²) in [6, 6.07) is 7.20. The summed E-state index contributed by atoms with van der Waals surface area (Å²) in [6.45, 7) is 3.42. The van der Waals surface area contributed by atoms with Gasteiger partial charge in [0.15, 0.2) is 4.21 Å². The summed E-state index contributed by atoms with van der Waals surface area (Å²) in [4.78, 5) is 13.4. The molecule has 1 heterocycles. The Hall–Kier alpha value is -1.60. The van der Waals surface area contributed by atoms with Crippen molar-refractivity contribution in [1.82, 2.24) is 4.98 Å². The highest BCUT2D eigenvalue weighted by Gasteiger charge is 2.26. The normalized spacial score (nSPS) is 11.5. The number of para-hydroxylation sites is 1. The second kappa shape index (κ2) is 4.82. The number of anilines is 1. The monoisotopic (exact) mass is 298 g/mol. The summed E-state index contributed by atoms with van der Waals surface area (Å²) in [5.74, 6) is 0. The Balaban J connectivity index is 2.55. The van der Waals surface area contributed by atoms with E-state index in [2.05, 4.69) is 4.98 Å². The van der Waals surface area contributed by atoms with Crippen molar-refractivity contribution in [2.24, 2.45) is 0 Å². The minimum absolute atomic E-state index is 0.0586. The highest BCUT2D eigenvalue weighted by atomic mass is 32.2. The topological polar surface area (TPSA) is 70.2 Å². The molecule has 0 aliphatic rings. The summed E-state index contributed by atoms with van der Waals surface area (Å²) >= 11 is 0.709. The van der Waals surface area contributed by atoms with Crippen molar-refractivity contribution < 1.29 is 8.42 Å². The molecule has 5 nitrogen and oxygen atoms in total. The summed E-state index contributed by atoms with van der Waals surface area (Å²) in [7, 11) is -2.22. The lowest BCUT2D eigenvalue weighted by molar-refractivity contribution is 0.595. The molecule has 2 aromatic rings. The van der Waals surface area contributed by atoms with E-state index in [0.717, 1.165) is 5.56 Å². The molecule has 2 rings (SSSR count). The molecule has 0 fully saturated rings. The molecule has 0 saturated carbocycles. The van der Waals surface area contributed by atoms with Gasteiger partial charge in [-0.15, -0.1) is 0 Å². The van der Waals surface area contributed by atoms with Gasteiger partial charge in [-0.3, -0.25) is 9.10 Å². The Labute approximate surface area is 115 Å². The van der Waals surface area contributed by atoms with Crippen LogP contribution in [0.1, 0.15) is 11.3 Å². The third-order valence-electron chi connectivity index (χ3n) is 2.83. The Morgan fingerprint density at radius 2 is 1.84 bits per heavy atom. The largest absolute Gasteiger partial charge is 0.315 e. The van der Waals surface area contributed by atoms with Crippen LogP contribution >= 0.6 is 11.3 Å². The van der Waals surface area contributed by atoms with Gasteiger partial charge < -0.3 is 4.98 Å². The minimum atomic E-state index is -3.70. The second-order valence-corrected chi connectivity index (χ2v) is 7.33. The molecule has 0 saturated heterocycles. The van der Waals surface area contributed by atoms with E-state index in [9.17, 15) is 13.2 Å². The maximum Gasteiger partial charge on any atom is 0.306 e. The van der Waals surface area contributed by atoms with Crippen LogP contribution in [0.2, 0.25) is 0 Å². The van der Waals surface area contributed by atoms with Gasteiger partial charge in [-0.25, -0.2) is 8.42 Å². The third kappa shape index (κ3) is 2.43. The van der Waals surface area contributed by atoms with E-state index in [4.69, 9.17) is 0 Å². The van der Waals surface area contributed by atoms with E-state index in [1.54, 1.807) is 19.1 Å². The van der Waals surface area contributed by atoms with Crippen LogP contribution in [0.4, 0.5) is 5.69 Å². The first-order valence-electron chi connectivity index (χ1n) is 5.58. The number of hydrogen-bond acceptors (Lipinski definition) is 4. The predicted octanol–water partition coefficient (Wildman–Crippen LogP) is 1.88. The maximum absolute atomic E-state index is 12.5. The van der Waals surface area contributed by atoms with Gasteiger partial charge in [0.2, 0.25) is 0 Å². The van der Waals surface area contributed by atoms with Gasteiger partial charge in [0.05, 0.1) is 5.69 Å². The number of hydrogen-bond donors (Lipinski definition) is 1. The van der Waals surface area contributed by atoms with Gasteiger partial charge in [0.1, 0.15) is 0 Å². The van der Waals surface area contributed by atoms with Crippen LogP contribution in [0, 0.1) is 13.8 Å². The number of aromatic nitrogens is 1. The zero-order valence-electron chi connectivity index (χ0n) is 10.8. The lowest BCUT2D eigenvalue weighted by Crippen LogP contribution is -2.27. The molecule has 0 amide bonds. The zero-order chi connectivity index (χ0) is 14.2. The van der Waals surface area contributed by atoms with Crippen molar-refractivity contribution in [1.29, 1.82) is 0 Å². The molecule has 102 valence electrons. The van der Waals surface area contributed by atoms with Crippen LogP contribution in [-0.4, -0.2) is 20.4 Å². The van der Waals surface area contributed by atoms with Gasteiger partial charge in [-0.05, 0) is 25.5 Å². The highest BCUT2D eigenvalue weighted by Crippen LogP contribution is 2.27. The molecule has 0 spiro atoms. The molecule has 1 aromatic heterocycles. The quantitative estimate of drug-likeness (QED) is 0.940. The summed E-state index contributed by atoms with van der Waals surface area (Å²) in [5.41, 5.74) is 1.83. The van der Waals surface area contributed by atoms with Crippen LogP contribution in [-0.2, 0) is 10.0 Å². The summed E-state index contributed by atoms with van der Waals surface area (Å²) in [5, 5.41) is 0. The minimum Gasteiger partial charge on any atom is -0.315 e. The molecule has 0 aliphatic heterocycles. The molecular weight excluding hydrogens is 284 g/mol. The summed E-state index contributed by atoms with van der Waals surface area (Å²) < 4.78 is 26.3. The number of nitrogens with one attached hydrogen (secondary N) is 1. The van der Waals surface area contributed by atoms with E-state index in [0.29, 0.717) is 22.7 Å². The number of aromatic amines is 1. The van der Waals surface area contributed by atoms with E-state index in [-0.39, 0.29) is 9.08 Å². The predicted molar refractivity (Wildman–Crippen MR) is 76.4 cm³/mol. The van der Waals surface area contributed by atoms with E-state index in [1.165, 1.54) is 11.4 Å². The number of aryl methyl sites for hydroxylation is 2. The number of thiazole rings is 1. The Kier molecular flexibility index (Phi) is 3.51. The van der Waals surface area contributed by atoms with Gasteiger partial charge in [0.25, 0.3) is 10.0 Å². The van der Waals surface area contributed by atoms with Crippen LogP contribution < -0.4 is 9.18 Å². The van der Waals surface area contributed by atoms with Crippen LogP contribution in [0.25, 0.3) is 0 Å². The number of benzene rings is 1. The third-order valence-corrected chi connectivity index (χ3v) is 6.18. The zero-order valence-corrected chi connectivity index (χ0v) is 12.4. The molecule has 0 aliphatic carbocycles. The van der Waals surface area contributed by atoms with Crippen molar-refractivity contribution in [3.8, 4) is 0 Å². The van der Waals surface area contributed by atoms with Crippen LogP contribution in [0.15, 0.2) is 33.3 Å². The van der Waals surface area contributed by atoms with Gasteiger partial charge in [-0.2, -0.15) is 0 Å². The first kappa shape index (κ1) is 13.8. The Morgan fingerprint density at radius 1 is 1.21 bits per heavy atom. The van der Waals surface area contributed by atoms with Crippen LogP contribution in [0.5, 0.6) is 0 Å².